The Kier molecular flexibility index (Phi) is 7.55. The highest BCUT2D eigenvalue weighted by molar-refractivity contribution is 6.73. The predicted molar refractivity (Wildman–Crippen MR) is 111 cm³/mol. The fourth-order valence-electron chi connectivity index (χ4n) is 5.92. The van der Waals surface area contributed by atoms with E-state index in [9.17, 15) is 4.79 Å². The molecule has 4 heteroatoms. The molecule has 0 bridgehead atoms. The minimum atomic E-state index is -1.56. The molecule has 0 radical (unpaired) electrons. The van der Waals surface area contributed by atoms with Crippen LogP contribution in [0, 0.1) is 23.2 Å². The summed E-state index contributed by atoms with van der Waals surface area (Å²) in [6.07, 6.45) is 10.5. The van der Waals surface area contributed by atoms with E-state index in [4.69, 9.17) is 9.16 Å². The quantitative estimate of drug-likeness (QED) is 0.296. The van der Waals surface area contributed by atoms with Gasteiger partial charge >= 0.3 is 5.97 Å². The van der Waals surface area contributed by atoms with Crippen LogP contribution in [-0.2, 0) is 14.0 Å². The number of fused-ring (bicyclic) bond motifs is 1. The van der Waals surface area contributed by atoms with Gasteiger partial charge in [-0.15, -0.1) is 0 Å². The Morgan fingerprint density at radius 1 is 1.19 bits per heavy atom. The zero-order valence-electron chi connectivity index (χ0n) is 17.8. The molecular formula is C22H40O3Si. The van der Waals surface area contributed by atoms with E-state index in [1.165, 1.54) is 57.3 Å². The number of carbonyl (C=O) groups excluding carboxylic acids is 1. The number of rotatable bonds is 8. The third kappa shape index (κ3) is 4.27. The van der Waals surface area contributed by atoms with Crippen LogP contribution < -0.4 is 0 Å². The van der Waals surface area contributed by atoms with Crippen LogP contribution in [0.5, 0.6) is 0 Å². The van der Waals surface area contributed by atoms with Crippen LogP contribution in [0.3, 0.4) is 0 Å². The molecule has 0 N–H and O–H groups in total. The van der Waals surface area contributed by atoms with E-state index in [1.54, 1.807) is 6.08 Å². The van der Waals surface area contributed by atoms with Crippen LogP contribution in [0.2, 0.25) is 18.1 Å². The fraction of sp³-hybridized carbons (Fsp3) is 0.864. The molecule has 150 valence electrons. The van der Waals surface area contributed by atoms with Gasteiger partial charge in [-0.05, 0) is 67.0 Å². The van der Waals surface area contributed by atoms with Crippen molar-refractivity contribution in [3.05, 3.63) is 12.2 Å². The highest BCUT2D eigenvalue weighted by Gasteiger charge is 2.53. The Labute approximate surface area is 162 Å². The summed E-state index contributed by atoms with van der Waals surface area (Å²) in [4.78, 5) is 11.5. The molecule has 2 aliphatic rings. The fourth-order valence-corrected chi connectivity index (χ4v) is 8.84. The molecule has 0 heterocycles. The molecule has 3 nitrogen and oxygen atoms in total. The lowest BCUT2D eigenvalue weighted by atomic mass is 9.62. The summed E-state index contributed by atoms with van der Waals surface area (Å²) in [7, 11) is -0.114. The van der Waals surface area contributed by atoms with Crippen LogP contribution >= 0.6 is 0 Å². The third-order valence-corrected chi connectivity index (χ3v) is 12.5. The molecule has 26 heavy (non-hydrogen) atoms. The molecule has 0 unspecified atom stereocenters. The van der Waals surface area contributed by atoms with Crippen molar-refractivity contribution >= 4 is 14.3 Å². The van der Waals surface area contributed by atoms with E-state index in [0.717, 1.165) is 0 Å². The van der Waals surface area contributed by atoms with Crippen molar-refractivity contribution in [2.24, 2.45) is 23.2 Å². The first-order valence-corrected chi connectivity index (χ1v) is 13.3. The normalized spacial score (nSPS) is 33.2. The van der Waals surface area contributed by atoms with Crippen LogP contribution in [0.25, 0.3) is 0 Å². The van der Waals surface area contributed by atoms with Gasteiger partial charge in [0.2, 0.25) is 0 Å². The largest absolute Gasteiger partial charge is 0.466 e. The van der Waals surface area contributed by atoms with Gasteiger partial charge in [-0.25, -0.2) is 4.79 Å². The molecule has 0 amide bonds. The van der Waals surface area contributed by atoms with E-state index in [-0.39, 0.29) is 5.97 Å². The van der Waals surface area contributed by atoms with E-state index >= 15 is 0 Å². The molecule has 5 atom stereocenters. The highest BCUT2D eigenvalue weighted by Crippen LogP contribution is 2.59. The van der Waals surface area contributed by atoms with Crippen molar-refractivity contribution < 1.29 is 14.0 Å². The second kappa shape index (κ2) is 9.05. The Bertz CT molecular complexity index is 491. The predicted octanol–water partition coefficient (Wildman–Crippen LogP) is 5.96. The molecule has 0 saturated heterocycles. The second-order valence-corrected chi connectivity index (χ2v) is 13.6. The maximum atomic E-state index is 11.5. The standard InChI is InChI=1S/C22H40O3Si/c1-7-26(8-2,9-3)25-20-11-10-16-22(5)18(13-14-19(20)22)17(4)12-15-21(23)24-6/h12,15,17-20H,7-11,13-14,16H2,1-6H3/b15-12+/t17-,18-,19+,20+,22-/m1/s1. The van der Waals surface area contributed by atoms with Crippen molar-refractivity contribution in [3.8, 4) is 0 Å². The lowest BCUT2D eigenvalue weighted by molar-refractivity contribution is -0.134. The Balaban J connectivity index is 2.14. The maximum Gasteiger partial charge on any atom is 0.330 e. The molecule has 0 aliphatic heterocycles. The summed E-state index contributed by atoms with van der Waals surface area (Å²) in [5.41, 5.74) is 0.345. The summed E-state index contributed by atoms with van der Waals surface area (Å²) >= 11 is 0. The highest BCUT2D eigenvalue weighted by atomic mass is 28.4. The van der Waals surface area contributed by atoms with Crippen LogP contribution in [0.1, 0.15) is 66.7 Å². The maximum absolute atomic E-state index is 11.5. The minimum Gasteiger partial charge on any atom is -0.466 e. The SMILES string of the molecule is CC[Si](CC)(CC)O[C@H]1CCC[C@]2(C)[C@@H]([C@H](C)/C=C/C(=O)OC)CC[C@@H]12. The van der Waals surface area contributed by atoms with Crippen molar-refractivity contribution in [2.75, 3.05) is 7.11 Å². The summed E-state index contributed by atoms with van der Waals surface area (Å²) in [6, 6.07) is 3.71. The van der Waals surface area contributed by atoms with Crippen LogP contribution in [-0.4, -0.2) is 27.5 Å². The van der Waals surface area contributed by atoms with Gasteiger partial charge in [0.25, 0.3) is 0 Å². The summed E-state index contributed by atoms with van der Waals surface area (Å²) in [5, 5.41) is 0. The molecule has 2 rings (SSSR count). The zero-order valence-corrected chi connectivity index (χ0v) is 18.8. The number of hydrogen-bond donors (Lipinski definition) is 0. The molecule has 0 aromatic rings. The Morgan fingerprint density at radius 3 is 2.42 bits per heavy atom. The topological polar surface area (TPSA) is 35.5 Å². The zero-order chi connectivity index (χ0) is 19.4. The van der Waals surface area contributed by atoms with Crippen molar-refractivity contribution in [1.82, 2.24) is 0 Å². The number of esters is 1. The lowest BCUT2D eigenvalue weighted by Gasteiger charge is -2.48. The Hall–Kier alpha value is -0.613. The number of ether oxygens (including phenoxy) is 1. The molecule has 0 aromatic carbocycles. The monoisotopic (exact) mass is 380 g/mol. The molecule has 2 fully saturated rings. The van der Waals surface area contributed by atoms with Gasteiger partial charge in [0, 0.05) is 12.2 Å². The summed E-state index contributed by atoms with van der Waals surface area (Å²) in [5.74, 6) is 1.49. The first-order valence-electron chi connectivity index (χ1n) is 10.8. The third-order valence-electron chi connectivity index (χ3n) is 7.84. The van der Waals surface area contributed by atoms with E-state index in [2.05, 4.69) is 40.7 Å². The van der Waals surface area contributed by atoms with Crippen LogP contribution in [0.4, 0.5) is 0 Å². The first-order chi connectivity index (χ1) is 12.4. The number of methoxy groups -OCH3 is 1. The number of carbonyl (C=O) groups is 1. The van der Waals surface area contributed by atoms with Gasteiger partial charge in [-0.1, -0.05) is 47.1 Å². The smallest absolute Gasteiger partial charge is 0.330 e. The average molecular weight is 381 g/mol. The lowest BCUT2D eigenvalue weighted by Crippen LogP contribution is -2.48. The van der Waals surface area contributed by atoms with E-state index in [1.807, 2.05) is 0 Å². The van der Waals surface area contributed by atoms with Gasteiger partial charge in [-0.2, -0.15) is 0 Å². The van der Waals surface area contributed by atoms with Gasteiger partial charge in [0.05, 0.1) is 7.11 Å². The van der Waals surface area contributed by atoms with E-state index in [0.29, 0.717) is 29.3 Å². The second-order valence-electron chi connectivity index (χ2n) is 8.83. The number of hydrogen-bond acceptors (Lipinski definition) is 3. The first kappa shape index (κ1) is 21.7. The molecule has 0 spiro atoms. The molecular weight excluding hydrogens is 340 g/mol. The van der Waals surface area contributed by atoms with Gasteiger partial charge in [0.1, 0.15) is 0 Å². The van der Waals surface area contributed by atoms with Crippen LogP contribution in [0.15, 0.2) is 12.2 Å². The molecule has 0 aromatic heterocycles. The Morgan fingerprint density at radius 2 is 1.85 bits per heavy atom. The van der Waals surface area contributed by atoms with Gasteiger partial charge in [0.15, 0.2) is 8.32 Å². The van der Waals surface area contributed by atoms with Crippen molar-refractivity contribution in [2.45, 2.75) is 91.0 Å². The van der Waals surface area contributed by atoms with E-state index < -0.39 is 8.32 Å². The van der Waals surface area contributed by atoms with Gasteiger partial charge in [-0.3, -0.25) is 0 Å². The molecule has 2 saturated carbocycles. The van der Waals surface area contributed by atoms with Crippen molar-refractivity contribution in [3.63, 3.8) is 0 Å². The van der Waals surface area contributed by atoms with Gasteiger partial charge < -0.3 is 9.16 Å². The summed E-state index contributed by atoms with van der Waals surface area (Å²) in [6.45, 7) is 11.8. The van der Waals surface area contributed by atoms with Crippen molar-refractivity contribution in [1.29, 1.82) is 0 Å². The molecule has 2 aliphatic carbocycles. The summed E-state index contributed by atoms with van der Waals surface area (Å²) < 4.78 is 11.8. The number of allylic oxidation sites excluding steroid dienone is 1. The minimum absolute atomic E-state index is 0.244. The average Bonchev–Trinajstić information content (AvgIpc) is 3.01.